The zero-order valence-electron chi connectivity index (χ0n) is 19.5. The molecule has 5 rings (SSSR count). The Morgan fingerprint density at radius 2 is 1.97 bits per heavy atom. The Balaban J connectivity index is 1.51. The number of amides is 1. The van der Waals surface area contributed by atoms with E-state index in [1.165, 1.54) is 23.9 Å². The minimum Gasteiger partial charge on any atom is -0.328 e. The number of nitro groups is 1. The minimum atomic E-state index is -0.670. The topological polar surface area (TPSA) is 128 Å². The second-order valence-electron chi connectivity index (χ2n) is 8.15. The number of rotatable bonds is 7. The molecule has 186 valence electrons. The van der Waals surface area contributed by atoms with E-state index in [0.29, 0.717) is 44.4 Å². The zero-order valence-corrected chi connectivity index (χ0v) is 21.0. The molecule has 2 aromatic heterocycles. The number of carbonyl (C=O) groups excluding carboxylic acids is 1. The lowest BCUT2D eigenvalue weighted by Crippen LogP contribution is -2.31. The van der Waals surface area contributed by atoms with Gasteiger partial charge in [0.1, 0.15) is 6.04 Å². The molecule has 0 fully saturated rings. The molecule has 2 N–H and O–H groups in total. The number of non-ortho nitro benzene ring substituents is 1. The van der Waals surface area contributed by atoms with Crippen molar-refractivity contribution in [1.82, 2.24) is 19.7 Å². The first-order valence-corrected chi connectivity index (χ1v) is 12.5. The van der Waals surface area contributed by atoms with E-state index in [2.05, 4.69) is 25.7 Å². The quantitative estimate of drug-likeness (QED) is 0.182. The van der Waals surface area contributed by atoms with Crippen LogP contribution in [0.15, 0.2) is 89.5 Å². The van der Waals surface area contributed by atoms with Gasteiger partial charge in [-0.25, -0.2) is 4.68 Å². The molecule has 2 aromatic carbocycles. The Hall–Kier alpha value is -4.22. The highest BCUT2D eigenvalue weighted by molar-refractivity contribution is 7.98. The molecule has 0 saturated carbocycles. The Kier molecular flexibility index (Phi) is 6.89. The third kappa shape index (κ3) is 5.18. The molecule has 1 unspecified atom stereocenters. The van der Waals surface area contributed by atoms with E-state index in [0.717, 1.165) is 5.56 Å². The van der Waals surface area contributed by atoms with Crippen LogP contribution in [0.1, 0.15) is 24.1 Å². The molecule has 1 aliphatic heterocycles. The lowest BCUT2D eigenvalue weighted by molar-refractivity contribution is -0.384. The highest BCUT2D eigenvalue weighted by Gasteiger charge is 2.34. The number of benzene rings is 2. The predicted octanol–water partition coefficient (Wildman–Crippen LogP) is 5.45. The maximum atomic E-state index is 13.5. The van der Waals surface area contributed by atoms with Crippen LogP contribution in [-0.2, 0) is 10.5 Å². The summed E-state index contributed by atoms with van der Waals surface area (Å²) in [5, 5.41) is 23.1. The molecule has 10 nitrogen and oxygen atoms in total. The van der Waals surface area contributed by atoms with Gasteiger partial charge in [-0.3, -0.25) is 19.9 Å². The van der Waals surface area contributed by atoms with Gasteiger partial charge in [0.25, 0.3) is 11.6 Å². The number of carbonyl (C=O) groups is 1. The van der Waals surface area contributed by atoms with Crippen molar-refractivity contribution in [3.8, 4) is 0 Å². The predicted molar refractivity (Wildman–Crippen MR) is 141 cm³/mol. The fourth-order valence-electron chi connectivity index (χ4n) is 3.97. The van der Waals surface area contributed by atoms with Gasteiger partial charge in [0, 0.05) is 34.8 Å². The smallest absolute Gasteiger partial charge is 0.269 e. The van der Waals surface area contributed by atoms with Gasteiger partial charge in [-0.1, -0.05) is 41.6 Å². The highest BCUT2D eigenvalue weighted by atomic mass is 35.5. The normalized spacial score (nSPS) is 14.6. The number of nitrogens with one attached hydrogen (secondary N) is 2. The number of anilines is 2. The summed E-state index contributed by atoms with van der Waals surface area (Å²) < 4.78 is 1.63. The van der Waals surface area contributed by atoms with Crippen LogP contribution >= 0.6 is 23.4 Å². The summed E-state index contributed by atoms with van der Waals surface area (Å²) >= 11 is 7.71. The Bertz CT molecular complexity index is 1510. The number of allylic oxidation sites excluding steroid dienone is 1. The van der Waals surface area contributed by atoms with Crippen molar-refractivity contribution in [3.63, 3.8) is 0 Å². The molecule has 3 heterocycles. The average Bonchev–Trinajstić information content (AvgIpc) is 3.30. The third-order valence-corrected chi connectivity index (χ3v) is 6.99. The van der Waals surface area contributed by atoms with Crippen LogP contribution in [0.3, 0.4) is 0 Å². The summed E-state index contributed by atoms with van der Waals surface area (Å²) in [5.41, 5.74) is 3.08. The van der Waals surface area contributed by atoms with Crippen molar-refractivity contribution in [2.75, 3.05) is 10.6 Å². The van der Waals surface area contributed by atoms with E-state index in [4.69, 9.17) is 11.6 Å². The van der Waals surface area contributed by atoms with Crippen molar-refractivity contribution >= 4 is 46.6 Å². The Morgan fingerprint density at radius 1 is 1.19 bits per heavy atom. The zero-order chi connectivity index (χ0) is 25.9. The lowest BCUT2D eigenvalue weighted by atomic mass is 9.95. The molecule has 1 atom stereocenters. The fourth-order valence-corrected chi connectivity index (χ4v) is 5.08. The summed E-state index contributed by atoms with van der Waals surface area (Å²) in [5.74, 6) is 0.666. The van der Waals surface area contributed by atoms with Gasteiger partial charge in [0.05, 0.1) is 22.4 Å². The van der Waals surface area contributed by atoms with Crippen molar-refractivity contribution in [3.05, 3.63) is 111 Å². The monoisotopic (exact) mass is 533 g/mol. The van der Waals surface area contributed by atoms with E-state index < -0.39 is 11.0 Å². The van der Waals surface area contributed by atoms with Gasteiger partial charge in [-0.15, -0.1) is 5.10 Å². The molecule has 37 heavy (non-hydrogen) atoms. The average molecular weight is 534 g/mol. The van der Waals surface area contributed by atoms with Gasteiger partial charge in [-0.2, -0.15) is 4.98 Å². The number of nitrogens with zero attached hydrogens (tertiary/aromatic N) is 5. The van der Waals surface area contributed by atoms with Crippen molar-refractivity contribution in [2.24, 2.45) is 0 Å². The van der Waals surface area contributed by atoms with Gasteiger partial charge in [0.15, 0.2) is 0 Å². The maximum Gasteiger partial charge on any atom is 0.269 e. The summed E-state index contributed by atoms with van der Waals surface area (Å²) in [4.78, 5) is 32.9. The molecule has 1 aliphatic rings. The number of fused-ring (bicyclic) bond motifs is 1. The molecule has 4 aromatic rings. The van der Waals surface area contributed by atoms with E-state index in [1.807, 2.05) is 24.3 Å². The maximum absolute atomic E-state index is 13.5. The number of hydrogen-bond donors (Lipinski definition) is 2. The van der Waals surface area contributed by atoms with Crippen LogP contribution in [0, 0.1) is 10.1 Å². The molecule has 0 spiro atoms. The van der Waals surface area contributed by atoms with Crippen LogP contribution in [0.5, 0.6) is 0 Å². The van der Waals surface area contributed by atoms with Gasteiger partial charge < -0.3 is 10.6 Å². The number of thioether (sulfide) groups is 1. The molecule has 0 radical (unpaired) electrons. The number of halogens is 1. The number of aromatic nitrogens is 4. The van der Waals surface area contributed by atoms with Gasteiger partial charge in [-0.05, 0) is 48.4 Å². The Morgan fingerprint density at radius 3 is 2.68 bits per heavy atom. The number of nitro benzene ring substituents is 1. The van der Waals surface area contributed by atoms with Crippen molar-refractivity contribution < 1.29 is 9.72 Å². The summed E-state index contributed by atoms with van der Waals surface area (Å²) in [6.45, 7) is 1.78. The van der Waals surface area contributed by atoms with E-state index in [-0.39, 0.29) is 11.6 Å². The highest BCUT2D eigenvalue weighted by Crippen LogP contribution is 2.37. The molecule has 0 saturated heterocycles. The fraction of sp³-hybridized carbons (Fsp3) is 0.120. The van der Waals surface area contributed by atoms with Crippen LogP contribution in [0.25, 0.3) is 0 Å². The van der Waals surface area contributed by atoms with Crippen LogP contribution in [0.4, 0.5) is 17.3 Å². The molecular formula is C25H20ClN7O3S. The van der Waals surface area contributed by atoms with Crippen LogP contribution in [-0.4, -0.2) is 30.6 Å². The molecule has 0 aliphatic carbocycles. The first-order chi connectivity index (χ1) is 17.9. The van der Waals surface area contributed by atoms with Gasteiger partial charge >= 0.3 is 0 Å². The first kappa shape index (κ1) is 24.5. The standard InChI is InChI=1S/C25H20ClN7O3S/c1-15-21(23(34)29-18-6-4-12-27-13-18)22(16-8-10-19(11-9-16)33(35)36)32-24(28-15)30-25(31-32)37-14-17-5-2-3-7-20(17)26/h2-13,22H,14H2,1H3,(H,29,34)(H,28,30,31). The van der Waals surface area contributed by atoms with Crippen molar-refractivity contribution in [1.29, 1.82) is 0 Å². The SMILES string of the molecule is CC1=C(C(=O)Nc2cccnc2)C(c2ccc([N+](=O)[O-])cc2)n2nc(SCc3ccccc3Cl)nc2N1. The number of hydrogen-bond acceptors (Lipinski definition) is 8. The first-order valence-electron chi connectivity index (χ1n) is 11.2. The summed E-state index contributed by atoms with van der Waals surface area (Å²) in [6, 6.07) is 16.4. The largest absolute Gasteiger partial charge is 0.328 e. The second-order valence-corrected chi connectivity index (χ2v) is 9.50. The van der Waals surface area contributed by atoms with E-state index >= 15 is 0 Å². The van der Waals surface area contributed by atoms with Crippen LogP contribution in [0.2, 0.25) is 5.02 Å². The second kappa shape index (κ2) is 10.4. The van der Waals surface area contributed by atoms with E-state index in [9.17, 15) is 14.9 Å². The van der Waals surface area contributed by atoms with Gasteiger partial charge in [0.2, 0.25) is 11.1 Å². The summed E-state index contributed by atoms with van der Waals surface area (Å²) in [6.07, 6.45) is 3.17. The summed E-state index contributed by atoms with van der Waals surface area (Å²) in [7, 11) is 0. The lowest BCUT2D eigenvalue weighted by Gasteiger charge is -2.28. The molecule has 12 heteroatoms. The minimum absolute atomic E-state index is 0.0467. The Labute approximate surface area is 220 Å². The molecular weight excluding hydrogens is 514 g/mol. The van der Waals surface area contributed by atoms with Crippen LogP contribution < -0.4 is 10.6 Å². The molecule has 0 bridgehead atoms. The third-order valence-electron chi connectivity index (χ3n) is 5.73. The number of pyridine rings is 1. The van der Waals surface area contributed by atoms with E-state index in [1.54, 1.807) is 48.3 Å². The van der Waals surface area contributed by atoms with Crippen molar-refractivity contribution in [2.45, 2.75) is 23.9 Å². The molecule has 1 amide bonds.